The zero-order valence-electron chi connectivity index (χ0n) is 15.9. The van der Waals surface area contributed by atoms with Crippen molar-refractivity contribution in [3.8, 4) is 11.4 Å². The molecule has 0 aliphatic carbocycles. The molecular weight excluding hydrogens is 374 g/mol. The van der Waals surface area contributed by atoms with Gasteiger partial charge in [0, 0.05) is 30.9 Å². The molecule has 2 aromatic carbocycles. The van der Waals surface area contributed by atoms with Gasteiger partial charge in [-0.1, -0.05) is 28.9 Å². The molecule has 0 aliphatic rings. The Morgan fingerprint density at radius 2 is 1.93 bits per heavy atom. The lowest BCUT2D eigenvalue weighted by molar-refractivity contribution is 0.0827. The van der Waals surface area contributed by atoms with Crippen LogP contribution < -0.4 is 10.6 Å². The van der Waals surface area contributed by atoms with E-state index in [2.05, 4.69) is 20.8 Å². The Labute approximate surface area is 168 Å². The van der Waals surface area contributed by atoms with Crippen molar-refractivity contribution in [1.29, 1.82) is 0 Å². The smallest absolute Gasteiger partial charge is 0.253 e. The molecule has 28 heavy (non-hydrogen) atoms. The topological polar surface area (TPSA) is 83.3 Å². The van der Waals surface area contributed by atoms with Crippen LogP contribution in [-0.4, -0.2) is 40.2 Å². The maximum absolute atomic E-state index is 11.9. The van der Waals surface area contributed by atoms with Gasteiger partial charge in [-0.15, -0.1) is 0 Å². The molecule has 1 heterocycles. The van der Waals surface area contributed by atoms with E-state index in [4.69, 9.17) is 16.7 Å². The molecule has 0 saturated heterocycles. The Morgan fingerprint density at radius 1 is 1.18 bits per heavy atom. The largest absolute Gasteiger partial charge is 0.353 e. The summed E-state index contributed by atoms with van der Waals surface area (Å²) >= 11 is 5.29. The van der Waals surface area contributed by atoms with Crippen molar-refractivity contribution < 1.29 is 9.32 Å². The first-order chi connectivity index (χ1) is 13.4. The van der Waals surface area contributed by atoms with Gasteiger partial charge >= 0.3 is 0 Å². The van der Waals surface area contributed by atoms with Crippen molar-refractivity contribution in [2.45, 2.75) is 13.5 Å². The predicted octanol–water partition coefficient (Wildman–Crippen LogP) is 3.23. The molecule has 7 nitrogen and oxygen atoms in total. The van der Waals surface area contributed by atoms with Crippen LogP contribution in [0.4, 0.5) is 5.69 Å². The van der Waals surface area contributed by atoms with Crippen LogP contribution in [0.15, 0.2) is 53.1 Å². The summed E-state index contributed by atoms with van der Waals surface area (Å²) in [6, 6.07) is 15.0. The summed E-state index contributed by atoms with van der Waals surface area (Å²) in [4.78, 5) is 17.8. The molecule has 0 radical (unpaired) electrons. The van der Waals surface area contributed by atoms with Crippen LogP contribution in [0.3, 0.4) is 0 Å². The lowest BCUT2D eigenvalue weighted by atomic mass is 10.1. The molecule has 1 amide bonds. The fourth-order valence-electron chi connectivity index (χ4n) is 2.51. The highest BCUT2D eigenvalue weighted by atomic mass is 32.1. The Bertz CT molecular complexity index is 982. The SMILES string of the molecule is Cc1cccc(-c2noc(CNC(=S)Nc3ccc(C(=O)N(C)C)cc3)n2)c1. The van der Waals surface area contributed by atoms with Crippen molar-refractivity contribution in [3.63, 3.8) is 0 Å². The van der Waals surface area contributed by atoms with E-state index >= 15 is 0 Å². The quantitative estimate of drug-likeness (QED) is 0.642. The molecule has 0 bridgehead atoms. The third-order valence-corrected chi connectivity index (χ3v) is 4.19. The second-order valence-electron chi connectivity index (χ2n) is 6.47. The lowest BCUT2D eigenvalue weighted by Crippen LogP contribution is -2.28. The average molecular weight is 395 g/mol. The number of hydrogen-bond acceptors (Lipinski definition) is 5. The van der Waals surface area contributed by atoms with Gasteiger partial charge in [0.1, 0.15) is 0 Å². The molecule has 144 valence electrons. The number of amides is 1. The number of anilines is 1. The molecule has 0 fully saturated rings. The first kappa shape index (κ1) is 19.5. The fourth-order valence-corrected chi connectivity index (χ4v) is 2.70. The minimum Gasteiger partial charge on any atom is -0.353 e. The van der Waals surface area contributed by atoms with Crippen molar-refractivity contribution in [3.05, 3.63) is 65.5 Å². The van der Waals surface area contributed by atoms with Crippen LogP contribution in [0.25, 0.3) is 11.4 Å². The Morgan fingerprint density at radius 3 is 2.61 bits per heavy atom. The predicted molar refractivity (Wildman–Crippen MR) is 112 cm³/mol. The molecule has 3 aromatic rings. The number of hydrogen-bond donors (Lipinski definition) is 2. The zero-order chi connectivity index (χ0) is 20.1. The average Bonchev–Trinajstić information content (AvgIpc) is 3.15. The number of nitrogens with zero attached hydrogens (tertiary/aromatic N) is 3. The summed E-state index contributed by atoms with van der Waals surface area (Å²) in [6.45, 7) is 2.32. The van der Waals surface area contributed by atoms with E-state index in [9.17, 15) is 4.79 Å². The molecule has 0 aliphatic heterocycles. The van der Waals surface area contributed by atoms with Crippen LogP contribution in [0.1, 0.15) is 21.8 Å². The third kappa shape index (κ3) is 4.92. The summed E-state index contributed by atoms with van der Waals surface area (Å²) in [6.07, 6.45) is 0. The second-order valence-corrected chi connectivity index (χ2v) is 6.87. The van der Waals surface area contributed by atoms with Crippen molar-refractivity contribution >= 4 is 28.9 Å². The fraction of sp³-hybridized carbons (Fsp3) is 0.200. The minimum atomic E-state index is -0.0481. The van der Waals surface area contributed by atoms with Gasteiger partial charge in [0.15, 0.2) is 5.11 Å². The number of rotatable bonds is 5. The number of carbonyl (C=O) groups excluding carboxylic acids is 1. The van der Waals surface area contributed by atoms with Gasteiger partial charge in [-0.3, -0.25) is 4.79 Å². The van der Waals surface area contributed by atoms with Gasteiger partial charge in [0.25, 0.3) is 5.91 Å². The number of carbonyl (C=O) groups is 1. The maximum Gasteiger partial charge on any atom is 0.253 e. The van der Waals surface area contributed by atoms with Crippen molar-refractivity contribution in [2.75, 3.05) is 19.4 Å². The summed E-state index contributed by atoms with van der Waals surface area (Å²) in [5.41, 5.74) is 3.43. The van der Waals surface area contributed by atoms with Gasteiger partial charge in [-0.05, 0) is 49.5 Å². The third-order valence-electron chi connectivity index (χ3n) is 3.94. The summed E-state index contributed by atoms with van der Waals surface area (Å²) < 4.78 is 5.27. The first-order valence-corrected chi connectivity index (χ1v) is 9.09. The molecule has 2 N–H and O–H groups in total. The molecule has 0 spiro atoms. The highest BCUT2D eigenvalue weighted by molar-refractivity contribution is 7.80. The lowest BCUT2D eigenvalue weighted by Gasteiger charge is -2.12. The van der Waals surface area contributed by atoms with Crippen LogP contribution in [0, 0.1) is 6.92 Å². The van der Waals surface area contributed by atoms with E-state index in [-0.39, 0.29) is 5.91 Å². The van der Waals surface area contributed by atoms with Crippen molar-refractivity contribution in [1.82, 2.24) is 20.4 Å². The van der Waals surface area contributed by atoms with Gasteiger partial charge in [0.05, 0.1) is 6.54 Å². The van der Waals surface area contributed by atoms with E-state index in [0.717, 1.165) is 16.8 Å². The summed E-state index contributed by atoms with van der Waals surface area (Å²) in [7, 11) is 3.44. The van der Waals surface area contributed by atoms with Gasteiger partial charge in [-0.25, -0.2) is 0 Å². The van der Waals surface area contributed by atoms with E-state index in [0.29, 0.717) is 28.9 Å². The molecule has 3 rings (SSSR count). The Kier molecular flexibility index (Phi) is 6.00. The monoisotopic (exact) mass is 395 g/mol. The summed E-state index contributed by atoms with van der Waals surface area (Å²) in [5, 5.41) is 10.5. The molecule has 8 heteroatoms. The molecule has 0 saturated carbocycles. The standard InChI is InChI=1S/C20H21N5O2S/c1-13-5-4-6-15(11-13)18-23-17(27-24-18)12-21-20(28)22-16-9-7-14(8-10-16)19(26)25(2)3/h4-11H,12H2,1-3H3,(H2,21,22,28). The van der Waals surface area contributed by atoms with E-state index in [1.807, 2.05) is 31.2 Å². The van der Waals surface area contributed by atoms with Crippen LogP contribution in [0.5, 0.6) is 0 Å². The number of aromatic nitrogens is 2. The Balaban J connectivity index is 1.54. The van der Waals surface area contributed by atoms with E-state index in [1.165, 1.54) is 4.90 Å². The van der Waals surface area contributed by atoms with Crippen LogP contribution in [-0.2, 0) is 6.54 Å². The number of benzene rings is 2. The van der Waals surface area contributed by atoms with Gasteiger partial charge < -0.3 is 20.1 Å². The highest BCUT2D eigenvalue weighted by Gasteiger charge is 2.10. The van der Waals surface area contributed by atoms with Crippen LogP contribution in [0.2, 0.25) is 0 Å². The van der Waals surface area contributed by atoms with E-state index in [1.54, 1.807) is 38.4 Å². The molecule has 1 aromatic heterocycles. The van der Waals surface area contributed by atoms with Crippen LogP contribution >= 0.6 is 12.2 Å². The second kappa shape index (κ2) is 8.62. The summed E-state index contributed by atoms with van der Waals surface area (Å²) in [5.74, 6) is 0.932. The number of aryl methyl sites for hydroxylation is 1. The van der Waals surface area contributed by atoms with E-state index < -0.39 is 0 Å². The number of nitrogens with one attached hydrogen (secondary N) is 2. The zero-order valence-corrected chi connectivity index (χ0v) is 16.7. The number of thiocarbonyl (C=S) groups is 1. The minimum absolute atomic E-state index is 0.0481. The Hall–Kier alpha value is -3.26. The molecule has 0 atom stereocenters. The van der Waals surface area contributed by atoms with Gasteiger partial charge in [0.2, 0.25) is 11.7 Å². The molecule has 0 unspecified atom stereocenters. The van der Waals surface area contributed by atoms with Gasteiger partial charge in [-0.2, -0.15) is 4.98 Å². The molecular formula is C20H21N5O2S. The first-order valence-electron chi connectivity index (χ1n) is 8.68. The highest BCUT2D eigenvalue weighted by Crippen LogP contribution is 2.17. The van der Waals surface area contributed by atoms with Crippen molar-refractivity contribution in [2.24, 2.45) is 0 Å². The normalized spacial score (nSPS) is 10.4. The maximum atomic E-state index is 11.9.